The predicted molar refractivity (Wildman–Crippen MR) is 118 cm³/mol. The van der Waals surface area contributed by atoms with Gasteiger partial charge in [-0.15, -0.1) is 11.3 Å². The molecule has 3 aromatic heterocycles. The lowest BCUT2D eigenvalue weighted by atomic mass is 10.2. The zero-order chi connectivity index (χ0) is 20.0. The Labute approximate surface area is 178 Å². The highest BCUT2D eigenvalue weighted by Crippen LogP contribution is 2.29. The lowest BCUT2D eigenvalue weighted by Crippen LogP contribution is -2.35. The lowest BCUT2D eigenvalue weighted by molar-refractivity contribution is 0.434. The number of sulfonamides is 1. The van der Waals surface area contributed by atoms with Crippen molar-refractivity contribution >= 4 is 55.3 Å². The molecule has 0 N–H and O–H groups in total. The molecule has 9 heteroatoms. The largest absolute Gasteiger partial charge is 0.353 e. The second kappa shape index (κ2) is 7.28. The third-order valence-corrected chi connectivity index (χ3v) is 8.75. The lowest BCUT2D eigenvalue weighted by Gasteiger charge is -2.24. The van der Waals surface area contributed by atoms with Gasteiger partial charge in [-0.05, 0) is 48.2 Å². The molecular formula is C20H19ClN4O2S2. The quantitative estimate of drug-likeness (QED) is 0.475. The molecule has 1 aliphatic rings. The summed E-state index contributed by atoms with van der Waals surface area (Å²) in [6.07, 6.45) is 2.76. The molecule has 1 aliphatic heterocycles. The summed E-state index contributed by atoms with van der Waals surface area (Å²) in [5, 5.41) is 2.44. The number of benzene rings is 1. The number of halogens is 1. The van der Waals surface area contributed by atoms with Crippen molar-refractivity contribution in [2.24, 2.45) is 0 Å². The highest BCUT2D eigenvalue weighted by atomic mass is 35.5. The molecule has 0 aliphatic carbocycles. The van der Waals surface area contributed by atoms with Gasteiger partial charge in [-0.1, -0.05) is 17.7 Å². The van der Waals surface area contributed by atoms with E-state index in [0.29, 0.717) is 28.9 Å². The monoisotopic (exact) mass is 446 g/mol. The van der Waals surface area contributed by atoms with Gasteiger partial charge in [0.15, 0.2) is 5.82 Å². The highest BCUT2D eigenvalue weighted by molar-refractivity contribution is 7.91. The van der Waals surface area contributed by atoms with Crippen molar-refractivity contribution in [3.63, 3.8) is 0 Å². The van der Waals surface area contributed by atoms with Crippen molar-refractivity contribution in [2.45, 2.75) is 10.6 Å². The molecular weight excluding hydrogens is 428 g/mol. The predicted octanol–water partition coefficient (Wildman–Crippen LogP) is 4.10. The summed E-state index contributed by atoms with van der Waals surface area (Å²) in [7, 11) is -3.44. The Balaban J connectivity index is 1.50. The molecule has 0 spiro atoms. The summed E-state index contributed by atoms with van der Waals surface area (Å²) >= 11 is 7.45. The maximum absolute atomic E-state index is 12.9. The van der Waals surface area contributed by atoms with E-state index in [-0.39, 0.29) is 0 Å². The van der Waals surface area contributed by atoms with Crippen LogP contribution in [0.15, 0.2) is 58.3 Å². The highest BCUT2D eigenvalue weighted by Gasteiger charge is 2.28. The Kier molecular flexibility index (Phi) is 4.74. The fourth-order valence-corrected chi connectivity index (χ4v) is 6.63. The smallest absolute Gasteiger partial charge is 0.252 e. The first-order valence-electron chi connectivity index (χ1n) is 9.39. The van der Waals surface area contributed by atoms with Crippen LogP contribution in [-0.4, -0.2) is 48.3 Å². The van der Waals surface area contributed by atoms with E-state index in [4.69, 9.17) is 16.6 Å². The zero-order valence-corrected chi connectivity index (χ0v) is 17.9. The van der Waals surface area contributed by atoms with Gasteiger partial charge in [-0.3, -0.25) is 0 Å². The Morgan fingerprint density at radius 1 is 1.00 bits per heavy atom. The first kappa shape index (κ1) is 18.9. The van der Waals surface area contributed by atoms with Crippen molar-refractivity contribution in [1.29, 1.82) is 0 Å². The standard InChI is InChI=1S/C20H19ClN4O2S2/c21-15-6-7-17-16(14-15)22-20(18-4-1-10-25(17)18)23-8-3-9-24(12-11-23)29(26,27)19-5-2-13-28-19/h1-2,4-7,10,13-14H,3,8-9,11-12H2. The number of nitrogens with zero attached hydrogens (tertiary/aromatic N) is 4. The van der Waals surface area contributed by atoms with E-state index in [0.717, 1.165) is 35.3 Å². The summed E-state index contributed by atoms with van der Waals surface area (Å²) in [6.45, 7) is 2.27. The maximum atomic E-state index is 12.9. The van der Waals surface area contributed by atoms with Crippen molar-refractivity contribution < 1.29 is 8.42 Å². The van der Waals surface area contributed by atoms with Gasteiger partial charge in [-0.2, -0.15) is 4.31 Å². The molecule has 4 heterocycles. The van der Waals surface area contributed by atoms with E-state index in [1.807, 2.05) is 36.5 Å². The number of rotatable bonds is 3. The fourth-order valence-electron chi connectivity index (χ4n) is 3.85. The van der Waals surface area contributed by atoms with E-state index in [1.165, 1.54) is 11.3 Å². The van der Waals surface area contributed by atoms with E-state index in [2.05, 4.69) is 9.30 Å². The molecule has 5 rings (SSSR count). The summed E-state index contributed by atoms with van der Waals surface area (Å²) < 4.78 is 29.9. The van der Waals surface area contributed by atoms with Crippen molar-refractivity contribution in [1.82, 2.24) is 13.7 Å². The average molecular weight is 447 g/mol. The molecule has 6 nitrogen and oxygen atoms in total. The van der Waals surface area contributed by atoms with Crippen LogP contribution in [-0.2, 0) is 10.0 Å². The third-order valence-electron chi connectivity index (χ3n) is 5.24. The molecule has 0 atom stereocenters. The molecule has 1 aromatic carbocycles. The van der Waals surface area contributed by atoms with Crippen LogP contribution in [0.2, 0.25) is 5.02 Å². The van der Waals surface area contributed by atoms with Gasteiger partial charge < -0.3 is 9.30 Å². The SMILES string of the molecule is O=S(=O)(c1cccs1)N1CCCN(c2nc3cc(Cl)ccc3n3cccc23)CC1. The van der Waals surface area contributed by atoms with Crippen molar-refractivity contribution in [3.05, 3.63) is 59.1 Å². The van der Waals surface area contributed by atoms with Crippen LogP contribution in [0.5, 0.6) is 0 Å². The second-order valence-electron chi connectivity index (χ2n) is 7.01. The number of fused-ring (bicyclic) bond motifs is 3. The van der Waals surface area contributed by atoms with Crippen LogP contribution in [0.1, 0.15) is 6.42 Å². The summed E-state index contributed by atoms with van der Waals surface area (Å²) in [5.41, 5.74) is 2.83. The minimum atomic E-state index is -3.44. The van der Waals surface area contributed by atoms with Crippen LogP contribution < -0.4 is 4.90 Å². The van der Waals surface area contributed by atoms with Crippen LogP contribution >= 0.6 is 22.9 Å². The Hall–Kier alpha value is -2.13. The first-order valence-corrected chi connectivity index (χ1v) is 12.1. The van der Waals surface area contributed by atoms with Gasteiger partial charge in [0, 0.05) is 37.4 Å². The molecule has 29 heavy (non-hydrogen) atoms. The van der Waals surface area contributed by atoms with Gasteiger partial charge >= 0.3 is 0 Å². The van der Waals surface area contributed by atoms with Crippen molar-refractivity contribution in [2.75, 3.05) is 31.1 Å². The Morgan fingerprint density at radius 2 is 1.90 bits per heavy atom. The normalized spacial score (nSPS) is 16.5. The van der Waals surface area contributed by atoms with Gasteiger partial charge in [0.2, 0.25) is 0 Å². The second-order valence-corrected chi connectivity index (χ2v) is 10.6. The molecule has 1 fully saturated rings. The van der Waals surface area contributed by atoms with Crippen LogP contribution in [0.4, 0.5) is 5.82 Å². The molecule has 1 saturated heterocycles. The minimum absolute atomic E-state index is 0.401. The fraction of sp³-hybridized carbons (Fsp3) is 0.250. The van der Waals surface area contributed by atoms with Crippen molar-refractivity contribution in [3.8, 4) is 0 Å². The number of hydrogen-bond acceptors (Lipinski definition) is 5. The molecule has 0 radical (unpaired) electrons. The zero-order valence-electron chi connectivity index (χ0n) is 15.5. The van der Waals surface area contributed by atoms with Crippen LogP contribution in [0.25, 0.3) is 16.6 Å². The van der Waals surface area contributed by atoms with E-state index >= 15 is 0 Å². The van der Waals surface area contributed by atoms with Gasteiger partial charge in [0.1, 0.15) is 4.21 Å². The average Bonchev–Trinajstić information content (AvgIpc) is 3.35. The number of hydrogen-bond donors (Lipinski definition) is 0. The molecule has 150 valence electrons. The van der Waals surface area contributed by atoms with Crippen LogP contribution in [0.3, 0.4) is 0 Å². The molecule has 0 saturated carbocycles. The van der Waals surface area contributed by atoms with Gasteiger partial charge in [-0.25, -0.2) is 13.4 Å². The first-order chi connectivity index (χ1) is 14.0. The maximum Gasteiger partial charge on any atom is 0.252 e. The topological polar surface area (TPSA) is 57.9 Å². The molecule has 0 unspecified atom stereocenters. The van der Waals surface area contributed by atoms with Crippen LogP contribution in [0, 0.1) is 0 Å². The number of thiophene rings is 1. The van der Waals surface area contributed by atoms with Gasteiger partial charge in [0.05, 0.1) is 16.6 Å². The number of anilines is 1. The minimum Gasteiger partial charge on any atom is -0.353 e. The molecule has 4 aromatic rings. The van der Waals surface area contributed by atoms with E-state index in [9.17, 15) is 8.42 Å². The molecule has 0 amide bonds. The Morgan fingerprint density at radius 3 is 2.72 bits per heavy atom. The van der Waals surface area contributed by atoms with E-state index in [1.54, 1.807) is 21.8 Å². The third kappa shape index (κ3) is 3.30. The molecule has 0 bridgehead atoms. The summed E-state index contributed by atoms with van der Waals surface area (Å²) in [4.78, 5) is 7.07. The van der Waals surface area contributed by atoms with Gasteiger partial charge in [0.25, 0.3) is 10.0 Å². The summed E-state index contributed by atoms with van der Waals surface area (Å²) in [6, 6.07) is 13.2. The summed E-state index contributed by atoms with van der Waals surface area (Å²) in [5.74, 6) is 0.861. The van der Waals surface area contributed by atoms with E-state index < -0.39 is 10.0 Å². The Bertz CT molecular complexity index is 1280. The number of aromatic nitrogens is 2.